The van der Waals surface area contributed by atoms with Crippen LogP contribution in [0.4, 0.5) is 5.82 Å². The Morgan fingerprint density at radius 1 is 1.07 bits per heavy atom. The summed E-state index contributed by atoms with van der Waals surface area (Å²) < 4.78 is 0. The molecular formula is C21H27ClN4O3. The molecule has 8 heteroatoms. The Morgan fingerprint density at radius 2 is 1.79 bits per heavy atom. The fraction of sp³-hybridized carbons (Fsp3) is 0.619. The lowest BCUT2D eigenvalue weighted by molar-refractivity contribution is -0.138. The van der Waals surface area contributed by atoms with Crippen molar-refractivity contribution in [2.75, 3.05) is 25.0 Å². The van der Waals surface area contributed by atoms with E-state index in [-0.39, 0.29) is 29.6 Å². The van der Waals surface area contributed by atoms with Gasteiger partial charge < -0.3 is 15.1 Å². The summed E-state index contributed by atoms with van der Waals surface area (Å²) in [4.78, 5) is 45.7. The number of likely N-dealkylation sites (tertiary alicyclic amines) is 2. The number of aromatic nitrogens is 1. The Morgan fingerprint density at radius 3 is 2.45 bits per heavy atom. The fourth-order valence-electron chi connectivity index (χ4n) is 4.76. The van der Waals surface area contributed by atoms with Crippen molar-refractivity contribution >= 4 is 35.1 Å². The minimum atomic E-state index is -0.230. The molecule has 29 heavy (non-hydrogen) atoms. The summed E-state index contributed by atoms with van der Waals surface area (Å²) >= 11 is 5.81. The summed E-state index contributed by atoms with van der Waals surface area (Å²) in [5, 5.41) is 3.34. The SMILES string of the molecule is O=C(Nc1ccc(Cl)cn1)C1CCN(C(=O)C2CC(=O)N(C3CCCC3)C2)CC1. The van der Waals surface area contributed by atoms with E-state index in [1.54, 1.807) is 12.1 Å². The van der Waals surface area contributed by atoms with E-state index >= 15 is 0 Å². The number of amides is 3. The van der Waals surface area contributed by atoms with E-state index in [2.05, 4.69) is 10.3 Å². The van der Waals surface area contributed by atoms with Gasteiger partial charge in [0.1, 0.15) is 5.82 Å². The highest BCUT2D eigenvalue weighted by atomic mass is 35.5. The van der Waals surface area contributed by atoms with Gasteiger partial charge in [-0.15, -0.1) is 0 Å². The number of hydrogen-bond donors (Lipinski definition) is 1. The zero-order chi connectivity index (χ0) is 20.4. The average Bonchev–Trinajstić information content (AvgIpc) is 3.39. The van der Waals surface area contributed by atoms with Crippen molar-refractivity contribution in [2.45, 2.75) is 51.0 Å². The number of rotatable bonds is 4. The van der Waals surface area contributed by atoms with Crippen molar-refractivity contribution in [1.82, 2.24) is 14.8 Å². The Hall–Kier alpha value is -2.15. The van der Waals surface area contributed by atoms with E-state index in [1.165, 1.54) is 19.0 Å². The fourth-order valence-corrected chi connectivity index (χ4v) is 4.88. The molecule has 3 aliphatic rings. The third kappa shape index (κ3) is 4.55. The maximum Gasteiger partial charge on any atom is 0.228 e. The van der Waals surface area contributed by atoms with Gasteiger partial charge in [-0.05, 0) is 37.8 Å². The molecule has 156 valence electrons. The van der Waals surface area contributed by atoms with Gasteiger partial charge in [0.25, 0.3) is 0 Å². The summed E-state index contributed by atoms with van der Waals surface area (Å²) in [6.45, 7) is 1.67. The Kier molecular flexibility index (Phi) is 6.04. The van der Waals surface area contributed by atoms with Crippen LogP contribution in [-0.2, 0) is 14.4 Å². The minimum Gasteiger partial charge on any atom is -0.342 e. The molecule has 1 N–H and O–H groups in total. The number of nitrogens with one attached hydrogen (secondary N) is 1. The van der Waals surface area contributed by atoms with E-state index in [0.717, 1.165) is 12.8 Å². The molecule has 2 saturated heterocycles. The number of anilines is 1. The third-order valence-corrected chi connectivity index (χ3v) is 6.65. The number of pyridine rings is 1. The van der Waals surface area contributed by atoms with E-state index in [0.29, 0.717) is 55.8 Å². The minimum absolute atomic E-state index is 0.0667. The Balaban J connectivity index is 1.27. The van der Waals surface area contributed by atoms with Crippen LogP contribution in [0.2, 0.25) is 5.02 Å². The lowest BCUT2D eigenvalue weighted by Gasteiger charge is -2.33. The summed E-state index contributed by atoms with van der Waals surface area (Å²) in [5.74, 6) is 0.227. The van der Waals surface area contributed by atoms with Crippen LogP contribution in [0.25, 0.3) is 0 Å². The molecular weight excluding hydrogens is 392 g/mol. The lowest BCUT2D eigenvalue weighted by Crippen LogP contribution is -2.44. The molecule has 3 amide bonds. The number of halogens is 1. The molecule has 7 nitrogen and oxygen atoms in total. The van der Waals surface area contributed by atoms with Crippen LogP contribution in [0.15, 0.2) is 18.3 Å². The van der Waals surface area contributed by atoms with Gasteiger partial charge in [0.05, 0.1) is 10.9 Å². The summed E-state index contributed by atoms with van der Waals surface area (Å²) in [5.41, 5.74) is 0. The second kappa shape index (κ2) is 8.69. The van der Waals surface area contributed by atoms with Crippen LogP contribution in [0.5, 0.6) is 0 Å². The van der Waals surface area contributed by atoms with Gasteiger partial charge in [-0.1, -0.05) is 24.4 Å². The van der Waals surface area contributed by atoms with Crippen molar-refractivity contribution in [2.24, 2.45) is 11.8 Å². The third-order valence-electron chi connectivity index (χ3n) is 6.43. The first-order valence-electron chi connectivity index (χ1n) is 10.5. The van der Waals surface area contributed by atoms with Gasteiger partial charge in [0.15, 0.2) is 0 Å². The number of piperidine rings is 1. The molecule has 3 fully saturated rings. The number of carbonyl (C=O) groups excluding carboxylic acids is 3. The first-order valence-corrected chi connectivity index (χ1v) is 10.9. The molecule has 1 aliphatic carbocycles. The molecule has 3 heterocycles. The largest absolute Gasteiger partial charge is 0.342 e. The Labute approximate surface area is 175 Å². The van der Waals surface area contributed by atoms with Crippen molar-refractivity contribution in [3.63, 3.8) is 0 Å². The van der Waals surface area contributed by atoms with Gasteiger partial charge in [0.2, 0.25) is 17.7 Å². The zero-order valence-electron chi connectivity index (χ0n) is 16.5. The number of carbonyl (C=O) groups is 3. The Bertz CT molecular complexity index is 771. The van der Waals surface area contributed by atoms with Crippen LogP contribution < -0.4 is 5.32 Å². The quantitative estimate of drug-likeness (QED) is 0.814. The van der Waals surface area contributed by atoms with Crippen LogP contribution in [0.1, 0.15) is 44.9 Å². The summed E-state index contributed by atoms with van der Waals surface area (Å²) in [6, 6.07) is 3.69. The van der Waals surface area contributed by atoms with E-state index < -0.39 is 0 Å². The molecule has 2 aliphatic heterocycles. The van der Waals surface area contributed by atoms with Crippen LogP contribution >= 0.6 is 11.6 Å². The molecule has 0 spiro atoms. The van der Waals surface area contributed by atoms with Crippen molar-refractivity contribution in [1.29, 1.82) is 0 Å². The lowest BCUT2D eigenvalue weighted by atomic mass is 9.94. The van der Waals surface area contributed by atoms with Crippen LogP contribution in [-0.4, -0.2) is 58.2 Å². The van der Waals surface area contributed by atoms with Gasteiger partial charge in [-0.2, -0.15) is 0 Å². The zero-order valence-corrected chi connectivity index (χ0v) is 17.2. The topological polar surface area (TPSA) is 82.6 Å². The van der Waals surface area contributed by atoms with E-state index in [9.17, 15) is 14.4 Å². The monoisotopic (exact) mass is 418 g/mol. The molecule has 1 aromatic rings. The van der Waals surface area contributed by atoms with Gasteiger partial charge in [0, 0.05) is 44.2 Å². The first-order chi connectivity index (χ1) is 14.0. The van der Waals surface area contributed by atoms with Crippen molar-refractivity contribution < 1.29 is 14.4 Å². The normalized spacial score (nSPS) is 23.6. The average molecular weight is 419 g/mol. The van der Waals surface area contributed by atoms with Gasteiger partial charge >= 0.3 is 0 Å². The maximum absolute atomic E-state index is 12.9. The van der Waals surface area contributed by atoms with Crippen LogP contribution in [0, 0.1) is 11.8 Å². The van der Waals surface area contributed by atoms with Crippen molar-refractivity contribution in [3.8, 4) is 0 Å². The molecule has 4 rings (SSSR count). The first kappa shape index (κ1) is 20.1. The molecule has 1 atom stereocenters. The standard InChI is InChI=1S/C21H27ClN4O3/c22-16-5-6-18(23-12-16)24-20(28)14-7-9-25(10-8-14)21(29)15-11-19(27)26(13-15)17-3-1-2-4-17/h5-6,12,14-15,17H,1-4,7-11,13H2,(H,23,24,28). The summed E-state index contributed by atoms with van der Waals surface area (Å²) in [6.07, 6.45) is 7.55. The number of nitrogens with zero attached hydrogens (tertiary/aromatic N) is 3. The molecule has 1 saturated carbocycles. The molecule has 1 aromatic heterocycles. The van der Waals surface area contributed by atoms with Crippen molar-refractivity contribution in [3.05, 3.63) is 23.4 Å². The molecule has 0 radical (unpaired) electrons. The number of hydrogen-bond acceptors (Lipinski definition) is 4. The highest BCUT2D eigenvalue weighted by Gasteiger charge is 2.41. The second-order valence-electron chi connectivity index (χ2n) is 8.34. The molecule has 0 aromatic carbocycles. The molecule has 1 unspecified atom stereocenters. The maximum atomic E-state index is 12.9. The highest BCUT2D eigenvalue weighted by molar-refractivity contribution is 6.30. The predicted octanol–water partition coefficient (Wildman–Crippen LogP) is 2.70. The van der Waals surface area contributed by atoms with Gasteiger partial charge in [-0.3, -0.25) is 14.4 Å². The smallest absolute Gasteiger partial charge is 0.228 e. The second-order valence-corrected chi connectivity index (χ2v) is 8.77. The molecule has 0 bridgehead atoms. The highest BCUT2D eigenvalue weighted by Crippen LogP contribution is 2.31. The van der Waals surface area contributed by atoms with Crippen LogP contribution in [0.3, 0.4) is 0 Å². The van der Waals surface area contributed by atoms with E-state index in [1.807, 2.05) is 9.80 Å². The predicted molar refractivity (Wildman–Crippen MR) is 109 cm³/mol. The van der Waals surface area contributed by atoms with E-state index in [4.69, 9.17) is 11.6 Å². The van der Waals surface area contributed by atoms with Gasteiger partial charge in [-0.25, -0.2) is 4.98 Å². The summed E-state index contributed by atoms with van der Waals surface area (Å²) in [7, 11) is 0.